The number of likely N-dealkylation sites (N-methyl/N-ethyl adjacent to an activating group) is 1. The van der Waals surface area contributed by atoms with E-state index < -0.39 is 0 Å². The first kappa shape index (κ1) is 22.1. The van der Waals surface area contributed by atoms with E-state index in [0.29, 0.717) is 6.54 Å². The second kappa shape index (κ2) is 10.8. The first-order valence-electron chi connectivity index (χ1n) is 7.45. The summed E-state index contributed by atoms with van der Waals surface area (Å²) in [6, 6.07) is 9.99. The van der Waals surface area contributed by atoms with Gasteiger partial charge in [-0.3, -0.25) is 4.79 Å². The lowest BCUT2D eigenvalue weighted by atomic mass is 10.1. The highest BCUT2D eigenvalue weighted by molar-refractivity contribution is 5.85. The summed E-state index contributed by atoms with van der Waals surface area (Å²) in [4.78, 5) is 14.4. The van der Waals surface area contributed by atoms with E-state index in [0.717, 1.165) is 24.9 Å². The topological polar surface area (TPSA) is 67.6 Å². The van der Waals surface area contributed by atoms with Crippen LogP contribution in [0.25, 0.3) is 0 Å². The molecule has 1 unspecified atom stereocenters. The summed E-state index contributed by atoms with van der Waals surface area (Å²) in [5.74, 6) is -0.0401. The van der Waals surface area contributed by atoms with E-state index in [1.54, 1.807) is 0 Å². The van der Waals surface area contributed by atoms with E-state index in [-0.39, 0.29) is 49.0 Å². The number of halogens is 2. The van der Waals surface area contributed by atoms with Gasteiger partial charge in [-0.25, -0.2) is 0 Å². The smallest absolute Gasteiger partial charge is 0.249 e. The van der Waals surface area contributed by atoms with Crippen LogP contribution in [0.1, 0.15) is 24.4 Å². The summed E-state index contributed by atoms with van der Waals surface area (Å²) in [6.07, 6.45) is 1.26. The molecular formula is C16H27Cl2N3O2. The normalized spacial score (nSPS) is 21.2. The Morgan fingerprint density at radius 3 is 2.48 bits per heavy atom. The second-order valence-electron chi connectivity index (χ2n) is 5.79. The molecule has 0 aliphatic carbocycles. The van der Waals surface area contributed by atoms with Gasteiger partial charge >= 0.3 is 0 Å². The van der Waals surface area contributed by atoms with Crippen LogP contribution in [0.4, 0.5) is 0 Å². The van der Waals surface area contributed by atoms with Crippen molar-refractivity contribution in [2.24, 2.45) is 5.73 Å². The fourth-order valence-electron chi connectivity index (χ4n) is 2.62. The minimum atomic E-state index is -0.369. The number of ether oxygens (including phenoxy) is 1. The Balaban J connectivity index is 0.00000242. The molecule has 0 bridgehead atoms. The van der Waals surface area contributed by atoms with E-state index in [2.05, 4.69) is 10.2 Å². The summed E-state index contributed by atoms with van der Waals surface area (Å²) in [5, 5.41) is 3.10. The van der Waals surface area contributed by atoms with Crippen molar-refractivity contribution in [1.29, 1.82) is 0 Å². The van der Waals surface area contributed by atoms with Crippen LogP contribution in [0.3, 0.4) is 0 Å². The van der Waals surface area contributed by atoms with Crippen molar-refractivity contribution in [2.75, 3.05) is 27.2 Å². The second-order valence-corrected chi connectivity index (χ2v) is 5.79. The van der Waals surface area contributed by atoms with Crippen molar-refractivity contribution in [1.82, 2.24) is 10.2 Å². The molecule has 3 atom stereocenters. The van der Waals surface area contributed by atoms with Crippen molar-refractivity contribution in [3.63, 3.8) is 0 Å². The van der Waals surface area contributed by atoms with Gasteiger partial charge in [-0.15, -0.1) is 24.8 Å². The van der Waals surface area contributed by atoms with Crippen LogP contribution in [0, 0.1) is 0 Å². The zero-order valence-corrected chi connectivity index (χ0v) is 15.2. The summed E-state index contributed by atoms with van der Waals surface area (Å²) in [6.45, 7) is 1.23. The van der Waals surface area contributed by atoms with Crippen molar-refractivity contribution in [2.45, 2.75) is 31.1 Å². The molecule has 0 saturated carbocycles. The highest BCUT2D eigenvalue weighted by Gasteiger charge is 2.31. The number of amides is 1. The van der Waals surface area contributed by atoms with Crippen LogP contribution >= 0.6 is 24.8 Å². The third kappa shape index (κ3) is 6.65. The van der Waals surface area contributed by atoms with Gasteiger partial charge in [0.05, 0.1) is 12.1 Å². The molecule has 1 aliphatic rings. The molecule has 5 nitrogen and oxygen atoms in total. The first-order valence-corrected chi connectivity index (χ1v) is 7.45. The van der Waals surface area contributed by atoms with Crippen molar-refractivity contribution in [3.05, 3.63) is 35.9 Å². The Morgan fingerprint density at radius 2 is 1.96 bits per heavy atom. The number of benzene rings is 1. The lowest BCUT2D eigenvalue weighted by molar-refractivity contribution is -0.132. The molecule has 1 aromatic carbocycles. The Labute approximate surface area is 150 Å². The van der Waals surface area contributed by atoms with Crippen molar-refractivity contribution >= 4 is 30.7 Å². The van der Waals surface area contributed by atoms with E-state index in [1.807, 2.05) is 44.4 Å². The van der Waals surface area contributed by atoms with Crippen LogP contribution in [-0.2, 0) is 9.53 Å². The lowest BCUT2D eigenvalue weighted by Gasteiger charge is -2.24. The van der Waals surface area contributed by atoms with E-state index >= 15 is 0 Å². The summed E-state index contributed by atoms with van der Waals surface area (Å²) < 4.78 is 5.66. The number of rotatable bonds is 6. The quantitative estimate of drug-likeness (QED) is 0.807. The molecule has 0 spiro atoms. The number of carbonyl (C=O) groups excluding carboxylic acids is 1. The first-order chi connectivity index (χ1) is 10.1. The molecule has 1 aliphatic heterocycles. The molecule has 0 radical (unpaired) electrons. The highest BCUT2D eigenvalue weighted by atomic mass is 35.5. The SMILES string of the molecule is CN(C)CC(NC(=O)[C@@H]1CC[C@H](CN)O1)c1ccccc1.Cl.Cl. The number of hydrogen-bond acceptors (Lipinski definition) is 4. The monoisotopic (exact) mass is 363 g/mol. The summed E-state index contributed by atoms with van der Waals surface area (Å²) >= 11 is 0. The van der Waals surface area contributed by atoms with Gasteiger partial charge in [0.25, 0.3) is 0 Å². The summed E-state index contributed by atoms with van der Waals surface area (Å²) in [5.41, 5.74) is 6.70. The Hall–Kier alpha value is -0.850. The van der Waals surface area contributed by atoms with Gasteiger partial charge in [-0.05, 0) is 32.5 Å². The molecule has 132 valence electrons. The molecule has 3 N–H and O–H groups in total. The molecule has 1 amide bonds. The standard InChI is InChI=1S/C16H25N3O2.2ClH/c1-19(2)11-14(12-6-4-3-5-7-12)18-16(20)15-9-8-13(10-17)21-15;;/h3-7,13-15H,8-11,17H2,1-2H3,(H,18,20);2*1H/t13-,14?,15+;;/m1../s1. The maximum atomic E-state index is 12.4. The predicted molar refractivity (Wildman–Crippen MR) is 97.3 cm³/mol. The zero-order valence-electron chi connectivity index (χ0n) is 13.6. The van der Waals surface area contributed by atoms with Crippen LogP contribution in [0.2, 0.25) is 0 Å². The third-order valence-corrected chi connectivity index (χ3v) is 3.73. The van der Waals surface area contributed by atoms with Gasteiger partial charge in [0, 0.05) is 13.1 Å². The maximum absolute atomic E-state index is 12.4. The van der Waals surface area contributed by atoms with Crippen LogP contribution in [0.5, 0.6) is 0 Å². The lowest BCUT2D eigenvalue weighted by Crippen LogP contribution is -2.41. The average molecular weight is 364 g/mol. The van der Waals surface area contributed by atoms with E-state index in [4.69, 9.17) is 10.5 Å². The minimum Gasteiger partial charge on any atom is -0.364 e. The highest BCUT2D eigenvalue weighted by Crippen LogP contribution is 2.21. The Bertz CT molecular complexity index is 460. The molecular weight excluding hydrogens is 337 g/mol. The van der Waals surface area contributed by atoms with Gasteiger partial charge in [0.15, 0.2) is 0 Å². The molecule has 2 rings (SSSR count). The molecule has 0 aromatic heterocycles. The maximum Gasteiger partial charge on any atom is 0.249 e. The number of carbonyl (C=O) groups is 1. The molecule has 7 heteroatoms. The molecule has 23 heavy (non-hydrogen) atoms. The molecule has 1 aromatic rings. The summed E-state index contributed by atoms with van der Waals surface area (Å²) in [7, 11) is 4.00. The van der Waals surface area contributed by atoms with Crippen LogP contribution < -0.4 is 11.1 Å². The van der Waals surface area contributed by atoms with E-state index in [9.17, 15) is 4.79 Å². The third-order valence-electron chi connectivity index (χ3n) is 3.73. The van der Waals surface area contributed by atoms with Gasteiger partial charge < -0.3 is 20.7 Å². The Kier molecular flexibility index (Phi) is 10.4. The molecule has 1 heterocycles. The van der Waals surface area contributed by atoms with Crippen molar-refractivity contribution < 1.29 is 9.53 Å². The number of hydrogen-bond donors (Lipinski definition) is 2. The van der Waals surface area contributed by atoms with Crippen LogP contribution in [-0.4, -0.2) is 50.2 Å². The zero-order chi connectivity index (χ0) is 15.2. The number of nitrogens with two attached hydrogens (primary N) is 1. The Morgan fingerprint density at radius 1 is 1.30 bits per heavy atom. The minimum absolute atomic E-state index is 0. The average Bonchev–Trinajstić information content (AvgIpc) is 2.96. The van der Waals surface area contributed by atoms with Gasteiger partial charge in [0.1, 0.15) is 6.10 Å². The fourth-order valence-corrected chi connectivity index (χ4v) is 2.62. The van der Waals surface area contributed by atoms with E-state index in [1.165, 1.54) is 0 Å². The van der Waals surface area contributed by atoms with Gasteiger partial charge in [-0.1, -0.05) is 30.3 Å². The predicted octanol–water partition coefficient (Wildman–Crippen LogP) is 1.76. The fraction of sp³-hybridized carbons (Fsp3) is 0.562. The largest absolute Gasteiger partial charge is 0.364 e. The molecule has 1 fully saturated rings. The number of nitrogens with zero attached hydrogens (tertiary/aromatic N) is 1. The number of nitrogens with one attached hydrogen (secondary N) is 1. The molecule has 1 saturated heterocycles. The van der Waals surface area contributed by atoms with Gasteiger partial charge in [0.2, 0.25) is 5.91 Å². The van der Waals surface area contributed by atoms with Crippen molar-refractivity contribution in [3.8, 4) is 0 Å². The van der Waals surface area contributed by atoms with Crippen LogP contribution in [0.15, 0.2) is 30.3 Å². The van der Waals surface area contributed by atoms with Gasteiger partial charge in [-0.2, -0.15) is 0 Å².